The standard InChI is InChI=1S/C18H14N2O6S/c21-15-14(19-13-4-2-1-3-12(13)17(24)25)27-18(26)20(15)9-10-5-7-11(8-6-10)16(22)23/h1-8,14,19H,9H2,(H,22,23)(H,24,25)/t14-/m1/s1. The molecule has 0 aromatic heterocycles. The molecule has 8 nitrogen and oxygen atoms in total. The Balaban J connectivity index is 1.73. The summed E-state index contributed by atoms with van der Waals surface area (Å²) in [5, 5.41) is 19.5. The molecule has 0 saturated carbocycles. The number of hydrogen-bond acceptors (Lipinski definition) is 6. The van der Waals surface area contributed by atoms with Gasteiger partial charge in [-0.05, 0) is 41.6 Å². The van der Waals surface area contributed by atoms with E-state index in [2.05, 4.69) is 5.32 Å². The van der Waals surface area contributed by atoms with Crippen molar-refractivity contribution in [3.8, 4) is 0 Å². The van der Waals surface area contributed by atoms with Gasteiger partial charge in [-0.25, -0.2) is 9.59 Å². The van der Waals surface area contributed by atoms with E-state index in [0.29, 0.717) is 5.56 Å². The number of benzene rings is 2. The molecule has 2 aromatic rings. The van der Waals surface area contributed by atoms with Crippen molar-refractivity contribution < 1.29 is 29.4 Å². The fourth-order valence-electron chi connectivity index (χ4n) is 2.55. The van der Waals surface area contributed by atoms with Gasteiger partial charge in [0.2, 0.25) is 0 Å². The van der Waals surface area contributed by atoms with E-state index in [9.17, 15) is 24.3 Å². The first kappa shape index (κ1) is 18.5. The molecule has 1 atom stereocenters. The fraction of sp³-hybridized carbons (Fsp3) is 0.111. The van der Waals surface area contributed by atoms with Crippen molar-refractivity contribution in [1.29, 1.82) is 0 Å². The lowest BCUT2D eigenvalue weighted by atomic mass is 10.1. The lowest BCUT2D eigenvalue weighted by Crippen LogP contribution is -2.34. The number of amides is 2. The molecule has 138 valence electrons. The smallest absolute Gasteiger partial charge is 0.337 e. The highest BCUT2D eigenvalue weighted by molar-refractivity contribution is 8.15. The Labute approximate surface area is 157 Å². The summed E-state index contributed by atoms with van der Waals surface area (Å²) in [6.07, 6.45) is 0. The van der Waals surface area contributed by atoms with Crippen molar-refractivity contribution in [3.63, 3.8) is 0 Å². The highest BCUT2D eigenvalue weighted by Gasteiger charge is 2.40. The number of imide groups is 1. The van der Waals surface area contributed by atoms with E-state index in [4.69, 9.17) is 5.11 Å². The van der Waals surface area contributed by atoms with Crippen molar-refractivity contribution in [3.05, 3.63) is 65.2 Å². The summed E-state index contributed by atoms with van der Waals surface area (Å²) in [6.45, 7) is 0.00330. The zero-order chi connectivity index (χ0) is 19.6. The first-order valence-corrected chi connectivity index (χ1v) is 8.68. The van der Waals surface area contributed by atoms with Crippen LogP contribution in [0.2, 0.25) is 0 Å². The van der Waals surface area contributed by atoms with Crippen LogP contribution in [0.1, 0.15) is 26.3 Å². The summed E-state index contributed by atoms with van der Waals surface area (Å²) < 4.78 is 0. The number of carboxylic acid groups (broad SMARTS) is 2. The molecule has 0 bridgehead atoms. The maximum Gasteiger partial charge on any atom is 0.337 e. The molecule has 1 heterocycles. The van der Waals surface area contributed by atoms with Gasteiger partial charge in [-0.2, -0.15) is 0 Å². The zero-order valence-corrected chi connectivity index (χ0v) is 14.6. The van der Waals surface area contributed by atoms with Crippen molar-refractivity contribution in [2.75, 3.05) is 5.32 Å². The van der Waals surface area contributed by atoms with E-state index in [1.807, 2.05) is 0 Å². The molecular formula is C18H14N2O6S. The molecule has 2 amide bonds. The number of carboxylic acids is 2. The number of carbonyl (C=O) groups excluding carboxylic acids is 2. The van der Waals surface area contributed by atoms with Crippen LogP contribution in [-0.4, -0.2) is 43.6 Å². The molecule has 1 aliphatic rings. The number of nitrogens with zero attached hydrogens (tertiary/aromatic N) is 1. The molecule has 27 heavy (non-hydrogen) atoms. The predicted molar refractivity (Wildman–Crippen MR) is 97.8 cm³/mol. The van der Waals surface area contributed by atoms with E-state index in [1.54, 1.807) is 12.1 Å². The molecule has 0 spiro atoms. The Morgan fingerprint density at radius 2 is 1.67 bits per heavy atom. The molecule has 1 saturated heterocycles. The summed E-state index contributed by atoms with van der Waals surface area (Å²) in [5.74, 6) is -2.70. The average molecular weight is 386 g/mol. The minimum Gasteiger partial charge on any atom is -0.478 e. The Kier molecular flexibility index (Phi) is 5.13. The monoisotopic (exact) mass is 386 g/mol. The van der Waals surface area contributed by atoms with Crippen LogP contribution in [0.5, 0.6) is 0 Å². The van der Waals surface area contributed by atoms with Crippen molar-refractivity contribution in [2.24, 2.45) is 0 Å². The zero-order valence-electron chi connectivity index (χ0n) is 13.8. The van der Waals surface area contributed by atoms with Crippen LogP contribution >= 0.6 is 11.8 Å². The van der Waals surface area contributed by atoms with Gasteiger partial charge in [0.05, 0.1) is 17.7 Å². The third-order valence-electron chi connectivity index (χ3n) is 3.92. The third-order valence-corrected chi connectivity index (χ3v) is 4.89. The summed E-state index contributed by atoms with van der Waals surface area (Å²) >= 11 is 0.764. The molecule has 0 unspecified atom stereocenters. The van der Waals surface area contributed by atoms with Gasteiger partial charge in [0.25, 0.3) is 11.1 Å². The minimum atomic E-state index is -1.14. The Bertz CT molecular complexity index is 928. The Morgan fingerprint density at radius 3 is 2.30 bits per heavy atom. The van der Waals surface area contributed by atoms with E-state index in [0.717, 1.165) is 16.7 Å². The average Bonchev–Trinajstić information content (AvgIpc) is 2.90. The van der Waals surface area contributed by atoms with Crippen LogP contribution in [0, 0.1) is 0 Å². The number of rotatable bonds is 6. The molecular weight excluding hydrogens is 372 g/mol. The van der Waals surface area contributed by atoms with Crippen LogP contribution in [0.15, 0.2) is 48.5 Å². The SMILES string of the molecule is O=C(O)c1ccc(CN2C(=O)S[C@@H](Nc3ccccc3C(=O)O)C2=O)cc1. The van der Waals surface area contributed by atoms with Gasteiger partial charge in [0.15, 0.2) is 5.37 Å². The lowest BCUT2D eigenvalue weighted by Gasteiger charge is -2.16. The highest BCUT2D eigenvalue weighted by Crippen LogP contribution is 2.30. The predicted octanol–water partition coefficient (Wildman–Crippen LogP) is 2.72. The van der Waals surface area contributed by atoms with Crippen molar-refractivity contribution >= 4 is 40.5 Å². The van der Waals surface area contributed by atoms with Gasteiger partial charge in [-0.1, -0.05) is 24.3 Å². The molecule has 3 N–H and O–H groups in total. The number of aromatic carboxylic acids is 2. The minimum absolute atomic E-state index is 0.000980. The molecule has 0 radical (unpaired) electrons. The normalized spacial score (nSPS) is 16.4. The second-order valence-electron chi connectivity index (χ2n) is 5.69. The summed E-state index contributed by atoms with van der Waals surface area (Å²) in [4.78, 5) is 48.0. The Morgan fingerprint density at radius 1 is 1.00 bits per heavy atom. The number of anilines is 1. The summed E-state index contributed by atoms with van der Waals surface area (Å²) in [6, 6.07) is 12.0. The molecule has 1 aliphatic heterocycles. The largest absolute Gasteiger partial charge is 0.478 e. The topological polar surface area (TPSA) is 124 Å². The maximum absolute atomic E-state index is 12.6. The fourth-order valence-corrected chi connectivity index (χ4v) is 3.45. The number of hydrogen-bond donors (Lipinski definition) is 3. The van der Waals surface area contributed by atoms with E-state index in [-0.39, 0.29) is 23.4 Å². The van der Waals surface area contributed by atoms with Crippen LogP contribution in [0.3, 0.4) is 0 Å². The molecule has 3 rings (SSSR count). The quantitative estimate of drug-likeness (QED) is 0.692. The number of para-hydroxylation sites is 1. The number of carbonyl (C=O) groups is 4. The van der Waals surface area contributed by atoms with Crippen molar-refractivity contribution in [1.82, 2.24) is 4.90 Å². The van der Waals surface area contributed by atoms with E-state index < -0.39 is 28.5 Å². The second kappa shape index (κ2) is 7.50. The first-order valence-electron chi connectivity index (χ1n) is 7.80. The van der Waals surface area contributed by atoms with Gasteiger partial charge >= 0.3 is 11.9 Å². The Hall–Kier alpha value is -3.33. The third kappa shape index (κ3) is 3.93. The molecule has 2 aromatic carbocycles. The molecule has 1 fully saturated rings. The van der Waals surface area contributed by atoms with Crippen LogP contribution < -0.4 is 5.32 Å². The van der Waals surface area contributed by atoms with Gasteiger partial charge in [-0.15, -0.1) is 0 Å². The van der Waals surface area contributed by atoms with Gasteiger partial charge in [0.1, 0.15) is 0 Å². The second-order valence-corrected chi connectivity index (χ2v) is 6.74. The first-order chi connectivity index (χ1) is 12.9. The van der Waals surface area contributed by atoms with Gasteiger partial charge in [-0.3, -0.25) is 14.5 Å². The number of nitrogens with one attached hydrogen (secondary N) is 1. The van der Waals surface area contributed by atoms with Crippen LogP contribution in [0.4, 0.5) is 10.5 Å². The van der Waals surface area contributed by atoms with Crippen molar-refractivity contribution in [2.45, 2.75) is 11.9 Å². The van der Waals surface area contributed by atoms with E-state index in [1.165, 1.54) is 36.4 Å². The molecule has 9 heteroatoms. The number of thioether (sulfide) groups is 1. The van der Waals surface area contributed by atoms with Gasteiger partial charge in [0, 0.05) is 5.69 Å². The van der Waals surface area contributed by atoms with Gasteiger partial charge < -0.3 is 15.5 Å². The summed E-state index contributed by atoms with van der Waals surface area (Å²) in [5.41, 5.74) is 0.961. The lowest BCUT2D eigenvalue weighted by molar-refractivity contribution is -0.126. The maximum atomic E-state index is 12.6. The van der Waals surface area contributed by atoms with E-state index >= 15 is 0 Å². The highest BCUT2D eigenvalue weighted by atomic mass is 32.2. The van der Waals surface area contributed by atoms with Crippen LogP contribution in [-0.2, 0) is 11.3 Å². The molecule has 0 aliphatic carbocycles. The summed E-state index contributed by atoms with van der Waals surface area (Å²) in [7, 11) is 0. The van der Waals surface area contributed by atoms with Crippen LogP contribution in [0.25, 0.3) is 0 Å².